The van der Waals surface area contributed by atoms with Crippen LogP contribution in [0.3, 0.4) is 0 Å². The number of β-amino-alcohol motifs (C(OH)–C–C–N with tert-alkyl or cyclic N) is 1. The first-order valence-corrected chi connectivity index (χ1v) is 17.3. The number of aryl methyl sites for hydroxylation is 2. The van der Waals surface area contributed by atoms with Gasteiger partial charge in [0, 0.05) is 64.2 Å². The molecule has 0 unspecified atom stereocenters. The van der Waals surface area contributed by atoms with Crippen LogP contribution in [0.2, 0.25) is 0 Å². The molecule has 12 heteroatoms. The normalized spacial score (nSPS) is 18.2. The molecule has 47 heavy (non-hydrogen) atoms. The van der Waals surface area contributed by atoms with Crippen LogP contribution in [0.25, 0.3) is 11.3 Å². The molecule has 0 radical (unpaired) electrons. The molecule has 0 aliphatic carbocycles. The van der Waals surface area contributed by atoms with Gasteiger partial charge < -0.3 is 14.9 Å². The molecule has 5 rings (SSSR count). The van der Waals surface area contributed by atoms with Gasteiger partial charge in [-0.25, -0.2) is 14.4 Å². The summed E-state index contributed by atoms with van der Waals surface area (Å²) in [6.07, 6.45) is 5.88. The van der Waals surface area contributed by atoms with Gasteiger partial charge in [0.05, 0.1) is 42.3 Å². The number of fused-ring (bicyclic) bond motifs is 1. The van der Waals surface area contributed by atoms with E-state index in [1.165, 1.54) is 30.0 Å². The Morgan fingerprint density at radius 3 is 2.55 bits per heavy atom. The number of hydrogen-bond acceptors (Lipinski definition) is 9. The first-order chi connectivity index (χ1) is 22.4. The first kappa shape index (κ1) is 34.6. The molecule has 4 heterocycles. The second-order valence-electron chi connectivity index (χ2n) is 13.3. The summed E-state index contributed by atoms with van der Waals surface area (Å²) >= 11 is 1.46. The summed E-state index contributed by atoms with van der Waals surface area (Å²) in [4.78, 5) is 31.5. The number of ketones is 1. The number of rotatable bonds is 9. The standard InChI is InChI=1S/C35H45FN8O2S/c1-7-30-33(40(5)34(47-6)39-31(12-13-37)25-8-10-26(36)11-9-25)44-17-27(16-24(2)32(44)38-30)43-15-14-41(22-35(3,4)23-43)18-28(45)19-42-20-29(46)21-42/h8-12,16-17,29,46H,7,14-15,18-23H2,1-6H3/b31-12+,39-34?. The van der Waals surface area contributed by atoms with Gasteiger partial charge in [0.25, 0.3) is 0 Å². The zero-order valence-electron chi connectivity index (χ0n) is 28.2. The molecule has 0 atom stereocenters. The third-order valence-corrected chi connectivity index (χ3v) is 9.40. The van der Waals surface area contributed by atoms with Crippen molar-refractivity contribution in [2.45, 2.75) is 40.2 Å². The van der Waals surface area contributed by atoms with Crippen LogP contribution in [0.1, 0.15) is 37.6 Å². The van der Waals surface area contributed by atoms with Gasteiger partial charge >= 0.3 is 0 Å². The Morgan fingerprint density at radius 1 is 1.21 bits per heavy atom. The van der Waals surface area contributed by atoms with Crippen molar-refractivity contribution in [3.8, 4) is 6.07 Å². The number of hydrogen-bond donors (Lipinski definition) is 1. The van der Waals surface area contributed by atoms with Gasteiger partial charge in [-0.05, 0) is 60.9 Å². The number of Topliss-reactive ketones (excluding diaryl/α,β-unsaturated/α-hetero) is 1. The Labute approximate surface area is 281 Å². The Balaban J connectivity index is 1.44. The molecule has 0 amide bonds. The number of aliphatic hydroxyl groups is 1. The van der Waals surface area contributed by atoms with Gasteiger partial charge in [0.15, 0.2) is 11.0 Å². The van der Waals surface area contributed by atoms with Gasteiger partial charge in [-0.1, -0.05) is 32.5 Å². The van der Waals surface area contributed by atoms with Crippen LogP contribution in [0, 0.1) is 29.5 Å². The second-order valence-corrected chi connectivity index (χ2v) is 14.1. The number of anilines is 2. The van der Waals surface area contributed by atoms with E-state index in [0.717, 1.165) is 54.6 Å². The monoisotopic (exact) mass is 660 g/mol. The number of benzene rings is 1. The average Bonchev–Trinajstić information content (AvgIpc) is 3.31. The Bertz CT molecular complexity index is 1700. The van der Waals surface area contributed by atoms with Crippen molar-refractivity contribution in [1.82, 2.24) is 19.2 Å². The molecule has 0 spiro atoms. The number of carbonyl (C=O) groups excluding carboxylic acids is 1. The van der Waals surface area contributed by atoms with E-state index in [-0.39, 0.29) is 23.1 Å². The summed E-state index contributed by atoms with van der Waals surface area (Å²) in [6, 6.07) is 10.3. The van der Waals surface area contributed by atoms with Crippen LogP contribution in [0.4, 0.5) is 15.9 Å². The van der Waals surface area contributed by atoms with Crippen LogP contribution in [0.5, 0.6) is 0 Å². The molecule has 0 bridgehead atoms. The van der Waals surface area contributed by atoms with E-state index in [1.54, 1.807) is 12.1 Å². The number of pyridine rings is 1. The number of aliphatic imine (C=N–C) groups is 1. The van der Waals surface area contributed by atoms with Crippen molar-refractivity contribution in [2.24, 2.45) is 10.4 Å². The summed E-state index contributed by atoms with van der Waals surface area (Å²) in [6.45, 7) is 13.8. The molecule has 10 nitrogen and oxygen atoms in total. The van der Waals surface area contributed by atoms with E-state index < -0.39 is 0 Å². The fraction of sp³-hybridized carbons (Fsp3) is 0.486. The molecule has 2 aliphatic rings. The lowest BCUT2D eigenvalue weighted by molar-refractivity contribution is -0.124. The van der Waals surface area contributed by atoms with Crippen molar-refractivity contribution >= 4 is 45.6 Å². The maximum atomic E-state index is 13.6. The highest BCUT2D eigenvalue weighted by Gasteiger charge is 2.32. The number of imidazole rings is 1. The highest BCUT2D eigenvalue weighted by atomic mass is 32.2. The van der Waals surface area contributed by atoms with Crippen molar-refractivity contribution in [3.05, 3.63) is 65.2 Å². The minimum atomic E-state index is -0.349. The molecule has 0 saturated carbocycles. The Hall–Kier alpha value is -3.76. The van der Waals surface area contributed by atoms with E-state index in [1.807, 2.05) is 23.1 Å². The van der Waals surface area contributed by atoms with Gasteiger partial charge in [-0.15, -0.1) is 0 Å². The molecule has 2 aliphatic heterocycles. The molecule has 1 N–H and O–H groups in total. The maximum Gasteiger partial charge on any atom is 0.169 e. The average molecular weight is 661 g/mol. The summed E-state index contributed by atoms with van der Waals surface area (Å²) in [7, 11) is 1.96. The topological polar surface area (TPSA) is 104 Å². The smallest absolute Gasteiger partial charge is 0.169 e. The van der Waals surface area contributed by atoms with Crippen LogP contribution in [0.15, 0.2) is 47.6 Å². The molecule has 250 valence electrons. The van der Waals surface area contributed by atoms with Crippen LogP contribution >= 0.6 is 11.8 Å². The van der Waals surface area contributed by atoms with Crippen molar-refractivity contribution < 1.29 is 14.3 Å². The zero-order chi connectivity index (χ0) is 33.9. The molecular weight excluding hydrogens is 616 g/mol. The number of likely N-dealkylation sites (tertiary alicyclic amines) is 1. The minimum absolute atomic E-state index is 0.0573. The molecule has 2 saturated heterocycles. The predicted octanol–water partition coefficient (Wildman–Crippen LogP) is 4.46. The first-order valence-electron chi connectivity index (χ1n) is 16.0. The van der Waals surface area contributed by atoms with E-state index in [9.17, 15) is 19.6 Å². The van der Waals surface area contributed by atoms with Crippen molar-refractivity contribution in [3.63, 3.8) is 0 Å². The number of nitriles is 1. The van der Waals surface area contributed by atoms with Crippen LogP contribution in [-0.2, 0) is 11.2 Å². The third kappa shape index (κ3) is 8.04. The lowest BCUT2D eigenvalue weighted by Gasteiger charge is -2.36. The fourth-order valence-electron chi connectivity index (χ4n) is 6.57. The number of aromatic nitrogens is 2. The van der Waals surface area contributed by atoms with Crippen molar-refractivity contribution in [2.75, 3.05) is 75.5 Å². The van der Waals surface area contributed by atoms with Gasteiger partial charge in [0.1, 0.15) is 17.3 Å². The number of halogens is 1. The molecular formula is C35H45FN8O2S. The molecule has 3 aromatic rings. The van der Waals surface area contributed by atoms with Crippen LogP contribution < -0.4 is 9.80 Å². The minimum Gasteiger partial charge on any atom is -0.390 e. The largest absolute Gasteiger partial charge is 0.390 e. The van der Waals surface area contributed by atoms with E-state index >= 15 is 0 Å². The van der Waals surface area contributed by atoms with Gasteiger partial charge in [0.2, 0.25) is 0 Å². The number of amidine groups is 1. The maximum absolute atomic E-state index is 13.6. The fourth-order valence-corrected chi connectivity index (χ4v) is 7.12. The van der Waals surface area contributed by atoms with E-state index in [4.69, 9.17) is 9.98 Å². The summed E-state index contributed by atoms with van der Waals surface area (Å²) in [5.41, 5.74) is 4.98. The molecule has 2 aromatic heterocycles. The zero-order valence-corrected chi connectivity index (χ0v) is 29.0. The van der Waals surface area contributed by atoms with E-state index in [0.29, 0.717) is 49.0 Å². The third-order valence-electron chi connectivity index (χ3n) is 8.67. The Kier molecular flexibility index (Phi) is 10.7. The van der Waals surface area contributed by atoms with Gasteiger partial charge in [-0.3, -0.25) is 19.0 Å². The lowest BCUT2D eigenvalue weighted by atomic mass is 9.92. The SMILES string of the molecule is CCc1nc2c(C)cc(N3CCN(CC(=O)CN4CC(O)C4)CC(C)(C)C3)cn2c1N(C)C(=N/C(=C/C#N)c1ccc(F)cc1)SC. The van der Waals surface area contributed by atoms with Crippen LogP contribution in [-0.4, -0.2) is 107 Å². The van der Waals surface area contributed by atoms with Crippen molar-refractivity contribution in [1.29, 1.82) is 5.26 Å². The van der Waals surface area contributed by atoms with E-state index in [2.05, 4.69) is 60.2 Å². The molecule has 2 fully saturated rings. The number of carbonyl (C=O) groups is 1. The number of aliphatic hydroxyl groups excluding tert-OH is 1. The Morgan fingerprint density at radius 2 is 1.91 bits per heavy atom. The number of nitrogens with zero attached hydrogens (tertiary/aromatic N) is 8. The predicted molar refractivity (Wildman–Crippen MR) is 189 cm³/mol. The second kappa shape index (κ2) is 14.6. The quantitative estimate of drug-likeness (QED) is 0.203. The number of thioether (sulfide) groups is 1. The highest BCUT2D eigenvalue weighted by Crippen LogP contribution is 2.32. The summed E-state index contributed by atoms with van der Waals surface area (Å²) < 4.78 is 15.8. The summed E-state index contributed by atoms with van der Waals surface area (Å²) in [5.74, 6) is 0.738. The number of allylic oxidation sites excluding steroid dienone is 1. The summed E-state index contributed by atoms with van der Waals surface area (Å²) in [5, 5.41) is 19.8. The molecule has 1 aromatic carbocycles. The lowest BCUT2D eigenvalue weighted by Crippen LogP contribution is -2.53. The highest BCUT2D eigenvalue weighted by molar-refractivity contribution is 8.13. The van der Waals surface area contributed by atoms with Gasteiger partial charge in [-0.2, -0.15) is 5.26 Å².